The molecule has 0 radical (unpaired) electrons. The molecule has 0 spiro atoms. The fraction of sp³-hybridized carbons (Fsp3) is 0.105. The molecule has 26 heavy (non-hydrogen) atoms. The van der Waals surface area contributed by atoms with Crippen LogP contribution in [-0.2, 0) is 0 Å². The number of imidazole rings is 1. The minimum Gasteiger partial charge on any atom is -0.373 e. The summed E-state index contributed by atoms with van der Waals surface area (Å²) in [5.41, 5.74) is 10.0. The molecule has 130 valence electrons. The van der Waals surface area contributed by atoms with Gasteiger partial charge in [-0.05, 0) is 37.3 Å². The van der Waals surface area contributed by atoms with Crippen LogP contribution in [0.2, 0.25) is 0 Å². The summed E-state index contributed by atoms with van der Waals surface area (Å²) in [6.07, 6.45) is 3.28. The van der Waals surface area contributed by atoms with Crippen LogP contribution in [0.5, 0.6) is 0 Å². The van der Waals surface area contributed by atoms with Gasteiger partial charge in [0, 0.05) is 23.0 Å². The molecule has 6 nitrogen and oxygen atoms in total. The largest absolute Gasteiger partial charge is 0.373 e. The highest BCUT2D eigenvalue weighted by molar-refractivity contribution is 5.79. The Morgan fingerprint density at radius 2 is 2.00 bits per heavy atom. The van der Waals surface area contributed by atoms with Crippen LogP contribution < -0.4 is 5.73 Å². The molecule has 4 aromatic heterocycles. The van der Waals surface area contributed by atoms with Gasteiger partial charge in [0.05, 0.1) is 29.5 Å². The molecule has 0 saturated heterocycles. The Bertz CT molecular complexity index is 1110. The van der Waals surface area contributed by atoms with Gasteiger partial charge in [0.2, 0.25) is 0 Å². The number of aliphatic hydroxyl groups excluding tert-OH is 1. The molecule has 3 N–H and O–H groups in total. The summed E-state index contributed by atoms with van der Waals surface area (Å²) < 4.78 is 15.6. The van der Waals surface area contributed by atoms with Crippen molar-refractivity contribution in [2.24, 2.45) is 5.73 Å². The maximum atomic E-state index is 13.9. The van der Waals surface area contributed by atoms with Crippen molar-refractivity contribution in [3.63, 3.8) is 0 Å². The van der Waals surface area contributed by atoms with Crippen molar-refractivity contribution in [3.05, 3.63) is 72.2 Å². The van der Waals surface area contributed by atoms with Crippen molar-refractivity contribution in [2.45, 2.75) is 13.2 Å². The molecular formula is C19H16FN5O. The Labute approximate surface area is 148 Å². The summed E-state index contributed by atoms with van der Waals surface area (Å²) in [5.74, 6) is -0.443. The van der Waals surface area contributed by atoms with E-state index in [1.807, 2.05) is 31.2 Å². The molecule has 1 unspecified atom stereocenters. The number of hydrogen-bond acceptors (Lipinski definition) is 5. The normalized spacial score (nSPS) is 12.5. The Hall–Kier alpha value is -3.16. The molecule has 7 heteroatoms. The van der Waals surface area contributed by atoms with Crippen LogP contribution in [0.4, 0.5) is 4.39 Å². The van der Waals surface area contributed by atoms with Gasteiger partial charge < -0.3 is 10.8 Å². The van der Waals surface area contributed by atoms with Gasteiger partial charge in [-0.3, -0.25) is 14.4 Å². The number of rotatable bonds is 3. The van der Waals surface area contributed by atoms with Crippen LogP contribution in [0.1, 0.15) is 17.6 Å². The highest BCUT2D eigenvalue weighted by Gasteiger charge is 2.15. The number of pyridine rings is 3. The first-order valence-corrected chi connectivity index (χ1v) is 8.03. The van der Waals surface area contributed by atoms with E-state index >= 15 is 0 Å². The first kappa shape index (κ1) is 16.3. The molecule has 0 aliphatic heterocycles. The first-order valence-electron chi connectivity index (χ1n) is 8.03. The molecule has 0 aliphatic carbocycles. The predicted molar refractivity (Wildman–Crippen MR) is 95.5 cm³/mol. The topological polar surface area (TPSA) is 89.3 Å². The molecule has 0 bridgehead atoms. The van der Waals surface area contributed by atoms with E-state index in [2.05, 4.69) is 15.0 Å². The number of aliphatic hydroxyl groups is 1. The summed E-state index contributed by atoms with van der Waals surface area (Å²) in [7, 11) is 0. The Balaban J connectivity index is 1.94. The Kier molecular flexibility index (Phi) is 3.95. The smallest absolute Gasteiger partial charge is 0.145 e. The maximum Gasteiger partial charge on any atom is 0.145 e. The zero-order valence-electron chi connectivity index (χ0n) is 14.0. The van der Waals surface area contributed by atoms with Gasteiger partial charge in [-0.1, -0.05) is 6.07 Å². The molecule has 4 heterocycles. The number of nitrogens with two attached hydrogens (primary N) is 1. The Morgan fingerprint density at radius 1 is 1.15 bits per heavy atom. The minimum atomic E-state index is -1.16. The second-order valence-corrected chi connectivity index (χ2v) is 5.99. The van der Waals surface area contributed by atoms with Gasteiger partial charge in [0.15, 0.2) is 0 Å². The number of hydrogen-bond donors (Lipinski definition) is 2. The summed E-state index contributed by atoms with van der Waals surface area (Å²) in [5, 5.41) is 9.71. The van der Waals surface area contributed by atoms with Gasteiger partial charge in [-0.2, -0.15) is 0 Å². The average Bonchev–Trinajstić information content (AvgIpc) is 3.05. The van der Waals surface area contributed by atoms with Crippen molar-refractivity contribution in [2.75, 3.05) is 0 Å². The van der Waals surface area contributed by atoms with E-state index in [-0.39, 0.29) is 0 Å². The molecule has 0 amide bonds. The van der Waals surface area contributed by atoms with Crippen LogP contribution in [0.15, 0.2) is 55.0 Å². The fourth-order valence-electron chi connectivity index (χ4n) is 2.92. The van der Waals surface area contributed by atoms with Gasteiger partial charge in [-0.15, -0.1) is 0 Å². The molecule has 4 aromatic rings. The number of halogens is 1. The van der Waals surface area contributed by atoms with Crippen molar-refractivity contribution >= 4 is 5.65 Å². The fourth-order valence-corrected chi connectivity index (χ4v) is 2.92. The van der Waals surface area contributed by atoms with Gasteiger partial charge in [0.1, 0.15) is 17.7 Å². The summed E-state index contributed by atoms with van der Waals surface area (Å²) >= 11 is 0. The predicted octanol–water partition coefficient (Wildman–Crippen LogP) is 2.86. The summed E-state index contributed by atoms with van der Waals surface area (Å²) in [6.45, 7) is 1.89. The van der Waals surface area contributed by atoms with Crippen LogP contribution in [0.25, 0.3) is 28.2 Å². The van der Waals surface area contributed by atoms with Crippen LogP contribution in [0, 0.1) is 12.7 Å². The number of aromatic nitrogens is 4. The molecule has 0 aromatic carbocycles. The van der Waals surface area contributed by atoms with Crippen LogP contribution >= 0.6 is 0 Å². The monoisotopic (exact) mass is 349 g/mol. The number of aryl methyl sites for hydroxylation is 1. The lowest BCUT2D eigenvalue weighted by Crippen LogP contribution is -2.11. The summed E-state index contributed by atoms with van der Waals surface area (Å²) in [6, 6.07) is 10.6. The first-order chi connectivity index (χ1) is 12.5. The minimum absolute atomic E-state index is 0.443. The quantitative estimate of drug-likeness (QED) is 0.555. The van der Waals surface area contributed by atoms with Gasteiger partial charge >= 0.3 is 0 Å². The molecule has 4 rings (SSSR count). The van der Waals surface area contributed by atoms with E-state index in [0.717, 1.165) is 5.69 Å². The zero-order chi connectivity index (χ0) is 18.3. The van der Waals surface area contributed by atoms with Crippen molar-refractivity contribution < 1.29 is 9.50 Å². The maximum absolute atomic E-state index is 13.9. The van der Waals surface area contributed by atoms with Crippen LogP contribution in [0.3, 0.4) is 0 Å². The van der Waals surface area contributed by atoms with E-state index in [9.17, 15) is 9.50 Å². The SMILES string of the molecule is Cc1cccc(-c2ncc(F)cc2-c2ccc3ncc(C(N)O)n3c2)n1. The number of nitrogens with zero attached hydrogens (tertiary/aromatic N) is 4. The highest BCUT2D eigenvalue weighted by Crippen LogP contribution is 2.30. The third-order valence-electron chi connectivity index (χ3n) is 4.13. The Morgan fingerprint density at radius 3 is 2.77 bits per heavy atom. The average molecular weight is 349 g/mol. The molecule has 0 aliphatic rings. The standard InChI is InChI=1S/C19H16FN5O/c1-11-3-2-4-15(24-11)18-14(7-13(20)8-23-18)12-5-6-17-22-9-16(19(21)26)25(17)10-12/h2-10,19,26H,21H2,1H3. The van der Waals surface area contributed by atoms with E-state index in [1.165, 1.54) is 18.5 Å². The molecule has 1 atom stereocenters. The van der Waals surface area contributed by atoms with Crippen molar-refractivity contribution in [1.82, 2.24) is 19.4 Å². The molecule has 0 saturated carbocycles. The van der Waals surface area contributed by atoms with E-state index < -0.39 is 12.0 Å². The lowest BCUT2D eigenvalue weighted by molar-refractivity contribution is 0.180. The molecule has 0 fully saturated rings. The van der Waals surface area contributed by atoms with Gasteiger partial charge in [0.25, 0.3) is 0 Å². The number of fused-ring (bicyclic) bond motifs is 1. The van der Waals surface area contributed by atoms with E-state index in [0.29, 0.717) is 33.9 Å². The second-order valence-electron chi connectivity index (χ2n) is 5.99. The molecular weight excluding hydrogens is 333 g/mol. The van der Waals surface area contributed by atoms with Crippen molar-refractivity contribution in [1.29, 1.82) is 0 Å². The van der Waals surface area contributed by atoms with Gasteiger partial charge in [-0.25, -0.2) is 9.37 Å². The van der Waals surface area contributed by atoms with Crippen molar-refractivity contribution in [3.8, 4) is 22.5 Å². The lowest BCUT2D eigenvalue weighted by Gasteiger charge is -2.11. The second kappa shape index (κ2) is 6.29. The third kappa shape index (κ3) is 2.83. The highest BCUT2D eigenvalue weighted by atomic mass is 19.1. The zero-order valence-corrected chi connectivity index (χ0v) is 14.0. The summed E-state index contributed by atoms with van der Waals surface area (Å²) in [4.78, 5) is 13.0. The van der Waals surface area contributed by atoms with E-state index in [4.69, 9.17) is 5.73 Å². The lowest BCUT2D eigenvalue weighted by atomic mass is 10.0. The van der Waals surface area contributed by atoms with E-state index in [1.54, 1.807) is 16.7 Å². The third-order valence-corrected chi connectivity index (χ3v) is 4.13. The van der Waals surface area contributed by atoms with Crippen LogP contribution in [-0.4, -0.2) is 24.5 Å².